The van der Waals surface area contributed by atoms with Crippen LogP contribution < -0.4 is 9.47 Å². The van der Waals surface area contributed by atoms with Crippen LogP contribution in [-0.2, 0) is 15.9 Å². The Kier molecular flexibility index (Phi) is 9.70. The Balaban J connectivity index is 2.09. The van der Waals surface area contributed by atoms with Gasteiger partial charge >= 0.3 is 0 Å². The lowest BCUT2D eigenvalue weighted by Crippen LogP contribution is -2.08. The van der Waals surface area contributed by atoms with Gasteiger partial charge in [0.15, 0.2) is 0 Å². The molecular weight excluding hydrogens is 364 g/mol. The number of rotatable bonds is 12. The normalized spacial score (nSPS) is 11.2. The van der Waals surface area contributed by atoms with E-state index in [1.165, 1.54) is 11.1 Å². The Morgan fingerprint density at radius 1 is 0.655 bits per heavy atom. The Bertz CT molecular complexity index is 741. The first-order chi connectivity index (χ1) is 14.1. The van der Waals surface area contributed by atoms with Crippen molar-refractivity contribution in [3.05, 3.63) is 83.3 Å². The van der Waals surface area contributed by atoms with Crippen molar-refractivity contribution in [3.8, 4) is 11.5 Å². The van der Waals surface area contributed by atoms with Gasteiger partial charge in [-0.25, -0.2) is 0 Å². The summed E-state index contributed by atoms with van der Waals surface area (Å²) in [5.41, 5.74) is 4.58. The maximum absolute atomic E-state index is 6.00. The number of ether oxygens (including phenoxy) is 4. The molecule has 2 rings (SSSR count). The van der Waals surface area contributed by atoms with Crippen molar-refractivity contribution in [2.75, 3.05) is 26.4 Å². The second-order valence-corrected chi connectivity index (χ2v) is 6.78. The highest BCUT2D eigenvalue weighted by Gasteiger charge is 2.10. The van der Waals surface area contributed by atoms with Gasteiger partial charge in [-0.05, 0) is 62.1 Å². The van der Waals surface area contributed by atoms with Crippen molar-refractivity contribution in [2.24, 2.45) is 0 Å². The molecule has 0 radical (unpaired) electrons. The van der Waals surface area contributed by atoms with Crippen molar-refractivity contribution < 1.29 is 18.9 Å². The predicted molar refractivity (Wildman–Crippen MR) is 118 cm³/mol. The number of benzene rings is 2. The van der Waals surface area contributed by atoms with Crippen molar-refractivity contribution >= 4 is 0 Å². The third-order valence-corrected chi connectivity index (χ3v) is 4.21. The molecule has 0 N–H and O–H groups in total. The van der Waals surface area contributed by atoms with Gasteiger partial charge in [-0.1, -0.05) is 36.4 Å². The van der Waals surface area contributed by atoms with Crippen LogP contribution in [0, 0.1) is 13.8 Å². The quantitative estimate of drug-likeness (QED) is 0.338. The summed E-state index contributed by atoms with van der Waals surface area (Å²) in [6, 6.07) is 12.6. The van der Waals surface area contributed by atoms with Crippen molar-refractivity contribution in [3.63, 3.8) is 0 Å². The highest BCUT2D eigenvalue weighted by molar-refractivity contribution is 5.45. The van der Waals surface area contributed by atoms with Gasteiger partial charge in [-0.3, -0.25) is 0 Å². The van der Waals surface area contributed by atoms with Crippen molar-refractivity contribution in [2.45, 2.75) is 34.1 Å². The molecule has 4 heteroatoms. The van der Waals surface area contributed by atoms with Crippen LogP contribution in [0.25, 0.3) is 0 Å². The monoisotopic (exact) mass is 396 g/mol. The zero-order valence-electron chi connectivity index (χ0n) is 17.9. The van der Waals surface area contributed by atoms with E-state index in [0.29, 0.717) is 26.4 Å². The van der Waals surface area contributed by atoms with Gasteiger partial charge in [-0.2, -0.15) is 0 Å². The maximum Gasteiger partial charge on any atom is 0.123 e. The highest BCUT2D eigenvalue weighted by atomic mass is 16.5. The molecular formula is C25H32O4. The first kappa shape index (κ1) is 22.4. The Hall–Kier alpha value is -2.88. The second kappa shape index (κ2) is 12.6. The largest absolute Gasteiger partial charge is 0.498 e. The van der Waals surface area contributed by atoms with Crippen LogP contribution in [0.1, 0.15) is 36.1 Å². The maximum atomic E-state index is 6.00. The van der Waals surface area contributed by atoms with E-state index in [1.54, 1.807) is 12.5 Å². The molecule has 29 heavy (non-hydrogen) atoms. The van der Waals surface area contributed by atoms with Crippen LogP contribution in [0.15, 0.2) is 61.1 Å². The number of allylic oxidation sites excluding steroid dienone is 2. The molecule has 2 aromatic carbocycles. The summed E-state index contributed by atoms with van der Waals surface area (Å²) < 4.78 is 22.7. The Morgan fingerprint density at radius 3 is 1.52 bits per heavy atom. The van der Waals surface area contributed by atoms with Crippen LogP contribution in [0.2, 0.25) is 0 Å². The molecule has 0 saturated carbocycles. The first-order valence-electron chi connectivity index (χ1n) is 10.0. The van der Waals surface area contributed by atoms with Crippen LogP contribution >= 0.6 is 0 Å². The average Bonchev–Trinajstić information content (AvgIpc) is 2.71. The highest BCUT2D eigenvalue weighted by Crippen LogP contribution is 2.28. The fourth-order valence-electron chi connectivity index (χ4n) is 2.82. The van der Waals surface area contributed by atoms with Crippen LogP contribution in [-0.4, -0.2) is 26.4 Å². The zero-order chi connectivity index (χ0) is 20.9. The molecule has 0 aliphatic rings. The molecule has 0 fully saturated rings. The standard InChI is InChI=1S/C25H32O4/c1-5-11-26-13-15-28-24-17-20(3)7-9-22(24)19-23-10-8-21(4)18-25(23)29-16-14-27-12-6-2/h5-12,17-18H,13-16,19H2,1-4H3. The third kappa shape index (κ3) is 7.94. The molecule has 0 amide bonds. The van der Waals surface area contributed by atoms with Crippen molar-refractivity contribution in [1.29, 1.82) is 0 Å². The van der Waals surface area contributed by atoms with Gasteiger partial charge in [0.05, 0.1) is 12.5 Å². The Labute approximate surface area is 174 Å². The van der Waals surface area contributed by atoms with Crippen LogP contribution in [0.3, 0.4) is 0 Å². The van der Waals surface area contributed by atoms with Gasteiger partial charge in [0.25, 0.3) is 0 Å². The zero-order valence-corrected chi connectivity index (χ0v) is 17.9. The summed E-state index contributed by atoms with van der Waals surface area (Å²) in [6.07, 6.45) is 7.81. The minimum atomic E-state index is 0.500. The molecule has 0 aliphatic carbocycles. The first-order valence-corrected chi connectivity index (χ1v) is 10.0. The molecule has 156 valence electrons. The van der Waals surface area contributed by atoms with E-state index in [0.717, 1.165) is 29.0 Å². The predicted octanol–water partition coefficient (Wildman–Crippen LogP) is 5.75. The molecule has 0 aliphatic heterocycles. The Morgan fingerprint density at radius 2 is 1.10 bits per heavy atom. The molecule has 0 unspecified atom stereocenters. The number of hydrogen-bond acceptors (Lipinski definition) is 4. The summed E-state index contributed by atoms with van der Waals surface area (Å²) in [5.74, 6) is 1.77. The van der Waals surface area contributed by atoms with E-state index < -0.39 is 0 Å². The molecule has 0 aromatic heterocycles. The fourth-order valence-corrected chi connectivity index (χ4v) is 2.82. The molecule has 0 saturated heterocycles. The van der Waals surface area contributed by atoms with E-state index in [-0.39, 0.29) is 0 Å². The fraction of sp³-hybridized carbons (Fsp3) is 0.360. The summed E-state index contributed by atoms with van der Waals surface area (Å²) >= 11 is 0. The van der Waals surface area contributed by atoms with E-state index in [9.17, 15) is 0 Å². The molecule has 2 aromatic rings. The third-order valence-electron chi connectivity index (χ3n) is 4.21. The lowest BCUT2D eigenvalue weighted by atomic mass is 10.0. The summed E-state index contributed by atoms with van der Waals surface area (Å²) in [5, 5.41) is 0. The van der Waals surface area contributed by atoms with Crippen LogP contribution in [0.5, 0.6) is 11.5 Å². The van der Waals surface area contributed by atoms with E-state index in [1.807, 2.05) is 26.0 Å². The lowest BCUT2D eigenvalue weighted by Gasteiger charge is -2.16. The number of hydrogen-bond donors (Lipinski definition) is 0. The minimum Gasteiger partial charge on any atom is -0.498 e. The van der Waals surface area contributed by atoms with Crippen LogP contribution in [0.4, 0.5) is 0 Å². The molecule has 4 nitrogen and oxygen atoms in total. The average molecular weight is 397 g/mol. The topological polar surface area (TPSA) is 36.9 Å². The minimum absolute atomic E-state index is 0.500. The van der Waals surface area contributed by atoms with Gasteiger partial charge in [0, 0.05) is 6.42 Å². The van der Waals surface area contributed by atoms with E-state index in [4.69, 9.17) is 18.9 Å². The number of aryl methyl sites for hydroxylation is 2. The molecule has 0 spiro atoms. The lowest BCUT2D eigenvalue weighted by molar-refractivity contribution is 0.177. The second-order valence-electron chi connectivity index (χ2n) is 6.78. The van der Waals surface area contributed by atoms with E-state index in [2.05, 4.69) is 50.2 Å². The van der Waals surface area contributed by atoms with Gasteiger partial charge < -0.3 is 18.9 Å². The summed E-state index contributed by atoms with van der Waals surface area (Å²) in [6.45, 7) is 10.0. The summed E-state index contributed by atoms with van der Waals surface area (Å²) in [4.78, 5) is 0. The molecule has 0 heterocycles. The van der Waals surface area contributed by atoms with E-state index >= 15 is 0 Å². The molecule has 0 atom stereocenters. The van der Waals surface area contributed by atoms with Gasteiger partial charge in [0.1, 0.15) is 37.9 Å². The SMILES string of the molecule is CC=COCCOc1cc(C)ccc1Cc1ccc(C)cc1OCCOC=CC. The molecule has 0 bridgehead atoms. The van der Waals surface area contributed by atoms with Gasteiger partial charge in [-0.15, -0.1) is 0 Å². The van der Waals surface area contributed by atoms with Crippen molar-refractivity contribution in [1.82, 2.24) is 0 Å². The summed E-state index contributed by atoms with van der Waals surface area (Å²) in [7, 11) is 0. The smallest absolute Gasteiger partial charge is 0.123 e. The van der Waals surface area contributed by atoms with Gasteiger partial charge in [0.2, 0.25) is 0 Å².